The highest BCUT2D eigenvalue weighted by Crippen LogP contribution is 2.34. The molecule has 26 heavy (non-hydrogen) atoms. The third-order valence-electron chi connectivity index (χ3n) is 4.96. The SMILES string of the molecule is CC(C)(C)c1cnc(NC(=O)NC2CC(N(CC(=O)O)CC3CC3)C2)s1. The van der Waals surface area contributed by atoms with Gasteiger partial charge < -0.3 is 10.4 Å². The van der Waals surface area contributed by atoms with E-state index < -0.39 is 5.97 Å². The van der Waals surface area contributed by atoms with Gasteiger partial charge in [-0.15, -0.1) is 11.3 Å². The van der Waals surface area contributed by atoms with E-state index in [4.69, 9.17) is 5.11 Å². The third kappa shape index (κ3) is 5.17. The third-order valence-corrected chi connectivity index (χ3v) is 6.30. The van der Waals surface area contributed by atoms with Gasteiger partial charge in [0.2, 0.25) is 0 Å². The van der Waals surface area contributed by atoms with E-state index in [9.17, 15) is 9.59 Å². The number of aliphatic carboxylic acids is 1. The maximum absolute atomic E-state index is 12.2. The summed E-state index contributed by atoms with van der Waals surface area (Å²) in [5.74, 6) is -0.121. The maximum atomic E-state index is 12.2. The van der Waals surface area contributed by atoms with Crippen molar-refractivity contribution in [1.29, 1.82) is 0 Å². The predicted molar refractivity (Wildman–Crippen MR) is 102 cm³/mol. The minimum atomic E-state index is -0.779. The number of nitrogens with zero attached hydrogens (tertiary/aromatic N) is 2. The van der Waals surface area contributed by atoms with E-state index in [0.717, 1.165) is 24.3 Å². The summed E-state index contributed by atoms with van der Waals surface area (Å²) in [4.78, 5) is 30.7. The van der Waals surface area contributed by atoms with Crippen LogP contribution in [0.4, 0.5) is 9.93 Å². The molecule has 0 atom stereocenters. The molecule has 2 aliphatic rings. The number of thiazole rings is 1. The van der Waals surface area contributed by atoms with Crippen molar-refractivity contribution in [3.05, 3.63) is 11.1 Å². The van der Waals surface area contributed by atoms with Gasteiger partial charge in [-0.2, -0.15) is 0 Å². The van der Waals surface area contributed by atoms with Crippen LogP contribution in [0.3, 0.4) is 0 Å². The van der Waals surface area contributed by atoms with Crippen LogP contribution in [-0.4, -0.2) is 52.2 Å². The molecule has 2 saturated carbocycles. The van der Waals surface area contributed by atoms with E-state index >= 15 is 0 Å². The largest absolute Gasteiger partial charge is 0.480 e. The Balaban J connectivity index is 1.43. The van der Waals surface area contributed by atoms with Crippen molar-refractivity contribution in [3.63, 3.8) is 0 Å². The standard InChI is InChI=1S/C18H28N4O3S/c1-18(2,3)14-8-19-17(26-14)21-16(25)20-12-6-13(7-12)22(10-15(23)24)9-11-4-5-11/h8,11-13H,4-7,9-10H2,1-3H3,(H,23,24)(H2,19,20,21,25). The number of hydrogen-bond acceptors (Lipinski definition) is 5. The Morgan fingerprint density at radius 1 is 1.35 bits per heavy atom. The average molecular weight is 381 g/mol. The smallest absolute Gasteiger partial charge is 0.321 e. The van der Waals surface area contributed by atoms with E-state index in [-0.39, 0.29) is 30.1 Å². The summed E-state index contributed by atoms with van der Waals surface area (Å²) in [6, 6.07) is 0.108. The lowest BCUT2D eigenvalue weighted by Gasteiger charge is -2.42. The number of rotatable bonds is 7. The summed E-state index contributed by atoms with van der Waals surface area (Å²) in [5.41, 5.74) is 0.0183. The molecule has 0 aromatic carbocycles. The van der Waals surface area contributed by atoms with Gasteiger partial charge in [-0.1, -0.05) is 20.8 Å². The molecule has 0 unspecified atom stereocenters. The highest BCUT2D eigenvalue weighted by atomic mass is 32.1. The molecule has 3 N–H and O–H groups in total. The van der Waals surface area contributed by atoms with Crippen molar-refractivity contribution >= 4 is 28.5 Å². The molecular formula is C18H28N4O3S. The van der Waals surface area contributed by atoms with Crippen LogP contribution >= 0.6 is 11.3 Å². The first kappa shape index (κ1) is 19.1. The molecule has 7 nitrogen and oxygen atoms in total. The Bertz CT molecular complexity index is 660. The fourth-order valence-corrected chi connectivity index (χ4v) is 4.02. The minimum absolute atomic E-state index is 0.0183. The van der Waals surface area contributed by atoms with E-state index in [0.29, 0.717) is 11.0 Å². The van der Waals surface area contributed by atoms with Gasteiger partial charge in [0.1, 0.15) is 0 Å². The second-order valence-corrected chi connectivity index (χ2v) is 9.50. The lowest BCUT2D eigenvalue weighted by atomic mass is 9.85. The molecule has 0 saturated heterocycles. The number of carboxylic acids is 1. The fourth-order valence-electron chi connectivity index (χ4n) is 3.15. The quantitative estimate of drug-likeness (QED) is 0.676. The zero-order valence-corrected chi connectivity index (χ0v) is 16.4. The molecule has 2 aliphatic carbocycles. The second-order valence-electron chi connectivity index (χ2n) is 8.47. The van der Waals surface area contributed by atoms with Crippen LogP contribution in [0.5, 0.6) is 0 Å². The molecule has 0 spiro atoms. The van der Waals surface area contributed by atoms with Crippen molar-refractivity contribution < 1.29 is 14.7 Å². The molecule has 8 heteroatoms. The maximum Gasteiger partial charge on any atom is 0.321 e. The molecule has 3 rings (SSSR count). The summed E-state index contributed by atoms with van der Waals surface area (Å²) >= 11 is 1.49. The summed E-state index contributed by atoms with van der Waals surface area (Å²) in [5, 5.41) is 15.5. The second kappa shape index (κ2) is 7.52. The van der Waals surface area contributed by atoms with Crippen LogP contribution in [-0.2, 0) is 10.2 Å². The van der Waals surface area contributed by atoms with Crippen LogP contribution in [0.15, 0.2) is 6.20 Å². The summed E-state index contributed by atoms with van der Waals surface area (Å²) in [6.07, 6.45) is 5.83. The molecule has 1 aromatic heterocycles. The number of hydrogen-bond donors (Lipinski definition) is 3. The number of nitrogens with one attached hydrogen (secondary N) is 2. The lowest BCUT2D eigenvalue weighted by molar-refractivity contribution is -0.139. The molecule has 2 amide bonds. The van der Waals surface area contributed by atoms with Gasteiger partial charge in [-0.05, 0) is 37.0 Å². The van der Waals surface area contributed by atoms with E-state index in [1.807, 2.05) is 0 Å². The van der Waals surface area contributed by atoms with Crippen molar-refractivity contribution in [3.8, 4) is 0 Å². The topological polar surface area (TPSA) is 94.6 Å². The number of carbonyl (C=O) groups is 2. The fraction of sp³-hybridized carbons (Fsp3) is 0.722. The Hall–Kier alpha value is -1.67. The first-order chi connectivity index (χ1) is 12.2. The van der Waals surface area contributed by atoms with Gasteiger partial charge in [0.25, 0.3) is 0 Å². The number of carbonyl (C=O) groups excluding carboxylic acids is 1. The number of aromatic nitrogens is 1. The highest BCUT2D eigenvalue weighted by molar-refractivity contribution is 7.15. The van der Waals surface area contributed by atoms with Gasteiger partial charge in [0.05, 0.1) is 6.54 Å². The average Bonchev–Trinajstić information content (AvgIpc) is 3.15. The van der Waals surface area contributed by atoms with Crippen LogP contribution in [0, 0.1) is 5.92 Å². The molecule has 144 valence electrons. The number of urea groups is 1. The van der Waals surface area contributed by atoms with Gasteiger partial charge in [-0.25, -0.2) is 9.78 Å². The Morgan fingerprint density at radius 3 is 2.58 bits per heavy atom. The molecule has 0 radical (unpaired) electrons. The number of anilines is 1. The van der Waals surface area contributed by atoms with Crippen LogP contribution < -0.4 is 10.6 Å². The zero-order chi connectivity index (χ0) is 18.9. The minimum Gasteiger partial charge on any atom is -0.480 e. The summed E-state index contributed by atoms with van der Waals surface area (Å²) in [6.45, 7) is 7.30. The Labute approximate surface area is 158 Å². The highest BCUT2D eigenvalue weighted by Gasteiger charge is 2.37. The van der Waals surface area contributed by atoms with Crippen molar-refractivity contribution in [2.45, 2.75) is 64.0 Å². The number of amides is 2. The van der Waals surface area contributed by atoms with Gasteiger partial charge in [-0.3, -0.25) is 15.0 Å². The monoisotopic (exact) mass is 380 g/mol. The molecular weight excluding hydrogens is 352 g/mol. The van der Waals surface area contributed by atoms with Crippen LogP contribution in [0.2, 0.25) is 0 Å². The van der Waals surface area contributed by atoms with Crippen molar-refractivity contribution in [2.24, 2.45) is 5.92 Å². The normalized spacial score (nSPS) is 22.8. The van der Waals surface area contributed by atoms with Gasteiger partial charge in [0, 0.05) is 29.7 Å². The van der Waals surface area contributed by atoms with Crippen molar-refractivity contribution in [2.75, 3.05) is 18.4 Å². The predicted octanol–water partition coefficient (Wildman–Crippen LogP) is 2.89. The Morgan fingerprint density at radius 2 is 2.04 bits per heavy atom. The molecule has 0 aliphatic heterocycles. The molecule has 0 bridgehead atoms. The van der Waals surface area contributed by atoms with E-state index in [1.165, 1.54) is 24.2 Å². The van der Waals surface area contributed by atoms with E-state index in [1.54, 1.807) is 6.20 Å². The van der Waals surface area contributed by atoms with Gasteiger partial charge in [0.15, 0.2) is 5.13 Å². The van der Waals surface area contributed by atoms with Crippen LogP contribution in [0.25, 0.3) is 0 Å². The first-order valence-electron chi connectivity index (χ1n) is 9.20. The Kier molecular flexibility index (Phi) is 5.53. The first-order valence-corrected chi connectivity index (χ1v) is 10.0. The summed E-state index contributed by atoms with van der Waals surface area (Å²) in [7, 11) is 0. The lowest BCUT2D eigenvalue weighted by Crippen LogP contribution is -2.55. The number of carboxylic acid groups (broad SMARTS) is 1. The molecule has 1 aromatic rings. The van der Waals surface area contributed by atoms with Gasteiger partial charge >= 0.3 is 12.0 Å². The molecule has 1 heterocycles. The van der Waals surface area contributed by atoms with Crippen LogP contribution in [0.1, 0.15) is 51.3 Å². The van der Waals surface area contributed by atoms with E-state index in [2.05, 4.69) is 41.3 Å². The molecule has 2 fully saturated rings. The van der Waals surface area contributed by atoms with Crippen molar-refractivity contribution in [1.82, 2.24) is 15.2 Å². The zero-order valence-electron chi connectivity index (χ0n) is 15.6. The summed E-state index contributed by atoms with van der Waals surface area (Å²) < 4.78 is 0.